The Kier molecular flexibility index (Phi) is 3.62. The molecule has 100 valence electrons. The fourth-order valence-electron chi connectivity index (χ4n) is 2.59. The van der Waals surface area contributed by atoms with Gasteiger partial charge in [0.1, 0.15) is 5.82 Å². The summed E-state index contributed by atoms with van der Waals surface area (Å²) in [4.78, 5) is 9.17. The van der Waals surface area contributed by atoms with Gasteiger partial charge in [0, 0.05) is 44.3 Å². The van der Waals surface area contributed by atoms with Crippen molar-refractivity contribution in [3.05, 3.63) is 36.5 Å². The first-order valence-electron chi connectivity index (χ1n) is 6.80. The zero-order chi connectivity index (χ0) is 13.1. The highest BCUT2D eigenvalue weighted by molar-refractivity contribution is 5.83. The van der Waals surface area contributed by atoms with Crippen molar-refractivity contribution in [1.29, 1.82) is 0 Å². The summed E-state index contributed by atoms with van der Waals surface area (Å²) in [7, 11) is 0. The van der Waals surface area contributed by atoms with E-state index in [0.717, 1.165) is 38.5 Å². The number of aromatic nitrogens is 1. The molecule has 1 saturated heterocycles. The lowest BCUT2D eigenvalue weighted by Gasteiger charge is -2.35. The molecule has 1 N–H and O–H groups in total. The van der Waals surface area contributed by atoms with Crippen molar-refractivity contribution in [1.82, 2.24) is 9.88 Å². The molecule has 0 radical (unpaired) electrons. The van der Waals surface area contributed by atoms with Gasteiger partial charge < -0.3 is 10.0 Å². The van der Waals surface area contributed by atoms with Crippen molar-refractivity contribution >= 4 is 16.6 Å². The molecule has 0 unspecified atom stereocenters. The Morgan fingerprint density at radius 1 is 1.05 bits per heavy atom. The first-order valence-corrected chi connectivity index (χ1v) is 6.80. The minimum absolute atomic E-state index is 0.244. The van der Waals surface area contributed by atoms with E-state index in [1.54, 1.807) is 0 Å². The molecule has 0 saturated carbocycles. The molecule has 4 heteroatoms. The molecule has 1 fully saturated rings. The highest BCUT2D eigenvalue weighted by atomic mass is 16.3. The van der Waals surface area contributed by atoms with Gasteiger partial charge in [-0.2, -0.15) is 0 Å². The van der Waals surface area contributed by atoms with Crippen LogP contribution in [-0.4, -0.2) is 54.3 Å². The minimum atomic E-state index is 0.244. The molecule has 1 aromatic carbocycles. The predicted octanol–water partition coefficient (Wildman–Crippen LogP) is 1.35. The molecule has 1 aromatic heterocycles. The van der Waals surface area contributed by atoms with Crippen LogP contribution in [0.1, 0.15) is 0 Å². The number of benzene rings is 1. The Morgan fingerprint density at radius 3 is 2.53 bits per heavy atom. The van der Waals surface area contributed by atoms with E-state index in [1.165, 1.54) is 10.8 Å². The summed E-state index contributed by atoms with van der Waals surface area (Å²) in [6, 6.07) is 10.5. The fraction of sp³-hybridized carbons (Fsp3) is 0.400. The molecule has 1 aliphatic heterocycles. The Balaban J connectivity index is 1.74. The van der Waals surface area contributed by atoms with Crippen molar-refractivity contribution < 1.29 is 5.11 Å². The molecule has 4 nitrogen and oxygen atoms in total. The lowest BCUT2D eigenvalue weighted by atomic mass is 10.2. The second kappa shape index (κ2) is 5.55. The standard InChI is InChI=1S/C15H19N3O/c19-10-9-17-5-7-18(8-6-17)15-11-13-3-1-2-4-14(13)12-16-15/h1-4,11-12,19H,5-10H2. The van der Waals surface area contributed by atoms with E-state index in [4.69, 9.17) is 5.11 Å². The zero-order valence-corrected chi connectivity index (χ0v) is 11.0. The SMILES string of the molecule is OCCN1CCN(c2cc3ccccc3cn2)CC1. The fourth-order valence-corrected chi connectivity index (χ4v) is 2.59. The van der Waals surface area contributed by atoms with Gasteiger partial charge in [-0.3, -0.25) is 4.90 Å². The van der Waals surface area contributed by atoms with E-state index in [1.807, 2.05) is 12.3 Å². The molecule has 0 amide bonds. The second-order valence-electron chi connectivity index (χ2n) is 4.94. The Labute approximate surface area is 113 Å². The number of aliphatic hydroxyl groups is 1. The van der Waals surface area contributed by atoms with Crippen LogP contribution in [0.2, 0.25) is 0 Å². The number of anilines is 1. The molecule has 0 atom stereocenters. The Morgan fingerprint density at radius 2 is 1.79 bits per heavy atom. The van der Waals surface area contributed by atoms with Gasteiger partial charge in [0.25, 0.3) is 0 Å². The van der Waals surface area contributed by atoms with Crippen LogP contribution in [0.15, 0.2) is 36.5 Å². The maximum absolute atomic E-state index is 8.95. The van der Waals surface area contributed by atoms with E-state index >= 15 is 0 Å². The normalized spacial score (nSPS) is 17.0. The molecule has 3 rings (SSSR count). The molecular weight excluding hydrogens is 238 g/mol. The number of nitrogens with zero attached hydrogens (tertiary/aromatic N) is 3. The lowest BCUT2D eigenvalue weighted by Crippen LogP contribution is -2.47. The van der Waals surface area contributed by atoms with Crippen LogP contribution < -0.4 is 4.90 Å². The maximum Gasteiger partial charge on any atom is 0.129 e. The number of aliphatic hydroxyl groups excluding tert-OH is 1. The van der Waals surface area contributed by atoms with Gasteiger partial charge in [-0.05, 0) is 11.5 Å². The molecule has 0 aliphatic carbocycles. The number of rotatable bonds is 3. The molecule has 19 heavy (non-hydrogen) atoms. The molecule has 2 aromatic rings. The molecule has 2 heterocycles. The smallest absolute Gasteiger partial charge is 0.129 e. The van der Waals surface area contributed by atoms with Crippen LogP contribution in [-0.2, 0) is 0 Å². The summed E-state index contributed by atoms with van der Waals surface area (Å²) in [6.45, 7) is 4.97. The summed E-state index contributed by atoms with van der Waals surface area (Å²) < 4.78 is 0. The van der Waals surface area contributed by atoms with Gasteiger partial charge in [-0.1, -0.05) is 24.3 Å². The van der Waals surface area contributed by atoms with E-state index < -0.39 is 0 Å². The average Bonchev–Trinajstić information content (AvgIpc) is 2.48. The van der Waals surface area contributed by atoms with E-state index in [2.05, 4.69) is 39.0 Å². The number of pyridine rings is 1. The molecule has 1 aliphatic rings. The highest BCUT2D eigenvalue weighted by Crippen LogP contribution is 2.20. The van der Waals surface area contributed by atoms with Crippen molar-refractivity contribution in [2.75, 3.05) is 44.2 Å². The van der Waals surface area contributed by atoms with Crippen LogP contribution >= 0.6 is 0 Å². The highest BCUT2D eigenvalue weighted by Gasteiger charge is 2.17. The van der Waals surface area contributed by atoms with Crippen molar-refractivity contribution in [2.45, 2.75) is 0 Å². The predicted molar refractivity (Wildman–Crippen MR) is 77.5 cm³/mol. The summed E-state index contributed by atoms with van der Waals surface area (Å²) in [5.41, 5.74) is 0. The van der Waals surface area contributed by atoms with Crippen molar-refractivity contribution in [3.8, 4) is 0 Å². The number of piperazine rings is 1. The first kappa shape index (κ1) is 12.4. The van der Waals surface area contributed by atoms with Gasteiger partial charge in [0.05, 0.1) is 6.61 Å². The van der Waals surface area contributed by atoms with Gasteiger partial charge in [-0.25, -0.2) is 4.98 Å². The summed E-state index contributed by atoms with van der Waals surface area (Å²) in [5, 5.41) is 11.4. The van der Waals surface area contributed by atoms with E-state index in [-0.39, 0.29) is 6.61 Å². The Bertz CT molecular complexity index is 550. The van der Waals surface area contributed by atoms with Crippen molar-refractivity contribution in [2.24, 2.45) is 0 Å². The van der Waals surface area contributed by atoms with Crippen LogP contribution in [0.4, 0.5) is 5.82 Å². The van der Waals surface area contributed by atoms with Crippen LogP contribution in [0.25, 0.3) is 10.8 Å². The third kappa shape index (κ3) is 2.69. The van der Waals surface area contributed by atoms with E-state index in [9.17, 15) is 0 Å². The maximum atomic E-state index is 8.95. The number of fused-ring (bicyclic) bond motifs is 1. The topological polar surface area (TPSA) is 39.6 Å². The monoisotopic (exact) mass is 257 g/mol. The summed E-state index contributed by atoms with van der Waals surface area (Å²) in [6.07, 6.45) is 1.95. The summed E-state index contributed by atoms with van der Waals surface area (Å²) in [5.74, 6) is 1.06. The van der Waals surface area contributed by atoms with E-state index in [0.29, 0.717) is 0 Å². The largest absolute Gasteiger partial charge is 0.395 e. The zero-order valence-electron chi connectivity index (χ0n) is 11.0. The number of β-amino-alcohol motifs (C(OH)–C–C–N with tert-alkyl or cyclic N) is 1. The van der Waals surface area contributed by atoms with Crippen LogP contribution in [0, 0.1) is 0 Å². The third-order valence-corrected chi connectivity index (χ3v) is 3.73. The number of hydrogen-bond donors (Lipinski definition) is 1. The second-order valence-corrected chi connectivity index (χ2v) is 4.94. The average molecular weight is 257 g/mol. The Hall–Kier alpha value is -1.65. The van der Waals surface area contributed by atoms with Crippen LogP contribution in [0.3, 0.4) is 0 Å². The lowest BCUT2D eigenvalue weighted by molar-refractivity contribution is 0.188. The van der Waals surface area contributed by atoms with Gasteiger partial charge in [0.2, 0.25) is 0 Å². The third-order valence-electron chi connectivity index (χ3n) is 3.73. The molecule has 0 bridgehead atoms. The summed E-state index contributed by atoms with van der Waals surface area (Å²) >= 11 is 0. The number of hydrogen-bond acceptors (Lipinski definition) is 4. The van der Waals surface area contributed by atoms with Gasteiger partial charge >= 0.3 is 0 Å². The van der Waals surface area contributed by atoms with Gasteiger partial charge in [0.15, 0.2) is 0 Å². The first-order chi connectivity index (χ1) is 9.36. The molecule has 0 spiro atoms. The quantitative estimate of drug-likeness (QED) is 0.901. The van der Waals surface area contributed by atoms with Crippen molar-refractivity contribution in [3.63, 3.8) is 0 Å². The minimum Gasteiger partial charge on any atom is -0.395 e. The molecular formula is C15H19N3O. The van der Waals surface area contributed by atoms with Gasteiger partial charge in [-0.15, -0.1) is 0 Å². The van der Waals surface area contributed by atoms with Crippen LogP contribution in [0.5, 0.6) is 0 Å².